The molecular formula is C21H16IN3O2S. The van der Waals surface area contributed by atoms with Gasteiger partial charge in [-0.2, -0.15) is 0 Å². The number of anilines is 1. The van der Waals surface area contributed by atoms with E-state index in [0.29, 0.717) is 10.2 Å². The number of nitrogens with one attached hydrogen (secondary N) is 1. The number of hydrogen-bond donors (Lipinski definition) is 1. The molecule has 2 heterocycles. The van der Waals surface area contributed by atoms with Crippen molar-refractivity contribution in [2.75, 3.05) is 5.32 Å². The third-order valence-electron chi connectivity index (χ3n) is 4.42. The summed E-state index contributed by atoms with van der Waals surface area (Å²) in [6.07, 6.45) is 1.44. The zero-order chi connectivity index (χ0) is 19.7. The third-order valence-corrected chi connectivity index (χ3v) is 5.98. The monoisotopic (exact) mass is 501 g/mol. The van der Waals surface area contributed by atoms with Crippen molar-refractivity contribution in [3.05, 3.63) is 79.7 Å². The fourth-order valence-electron chi connectivity index (χ4n) is 3.02. The molecular weight excluding hydrogens is 485 g/mol. The summed E-state index contributed by atoms with van der Waals surface area (Å²) in [6, 6.07) is 15.5. The molecule has 140 valence electrons. The molecule has 2 aromatic heterocycles. The molecule has 0 unspecified atom stereocenters. The summed E-state index contributed by atoms with van der Waals surface area (Å²) < 4.78 is 2.46. The summed E-state index contributed by atoms with van der Waals surface area (Å²) in [6.45, 7) is 1.85. The second kappa shape index (κ2) is 7.84. The molecule has 1 N–H and O–H groups in total. The Morgan fingerprint density at radius 1 is 1.21 bits per heavy atom. The fraction of sp³-hybridized carbons (Fsp3) is 0.0952. The fourth-order valence-corrected chi connectivity index (χ4v) is 4.58. The normalized spacial score (nSPS) is 10.9. The van der Waals surface area contributed by atoms with Crippen LogP contribution in [-0.2, 0) is 11.3 Å². The Bertz CT molecular complexity index is 1230. The van der Waals surface area contributed by atoms with Crippen LogP contribution in [0.5, 0.6) is 0 Å². The molecule has 0 saturated carbocycles. The highest BCUT2D eigenvalue weighted by Crippen LogP contribution is 2.30. The Labute approximate surface area is 179 Å². The summed E-state index contributed by atoms with van der Waals surface area (Å²) in [5.74, 6) is -0.260. The molecule has 0 aliphatic carbocycles. The van der Waals surface area contributed by atoms with Crippen molar-refractivity contribution in [2.45, 2.75) is 13.5 Å². The maximum Gasteiger partial charge on any atom is 0.263 e. The first-order valence-corrected chi connectivity index (χ1v) is 10.6. The van der Waals surface area contributed by atoms with E-state index in [0.717, 1.165) is 25.9 Å². The first-order chi connectivity index (χ1) is 13.5. The summed E-state index contributed by atoms with van der Waals surface area (Å²) in [7, 11) is 0. The number of amides is 1. The van der Waals surface area contributed by atoms with Gasteiger partial charge in [0, 0.05) is 20.2 Å². The maximum atomic E-state index is 13.0. The van der Waals surface area contributed by atoms with E-state index in [9.17, 15) is 9.59 Å². The average Bonchev–Trinajstić information content (AvgIpc) is 3.12. The Balaban J connectivity index is 1.65. The molecule has 1 amide bonds. The van der Waals surface area contributed by atoms with E-state index in [1.54, 1.807) is 0 Å². The minimum atomic E-state index is -0.260. The number of aryl methyl sites for hydroxylation is 1. The van der Waals surface area contributed by atoms with E-state index < -0.39 is 0 Å². The van der Waals surface area contributed by atoms with Crippen molar-refractivity contribution < 1.29 is 4.79 Å². The molecule has 4 rings (SSSR count). The highest BCUT2D eigenvalue weighted by molar-refractivity contribution is 14.1. The van der Waals surface area contributed by atoms with Crippen LogP contribution in [0.15, 0.2) is 65.0 Å². The van der Waals surface area contributed by atoms with Crippen molar-refractivity contribution in [1.29, 1.82) is 0 Å². The topological polar surface area (TPSA) is 64.0 Å². The molecule has 0 aliphatic heterocycles. The minimum absolute atomic E-state index is 0.0860. The molecule has 0 fully saturated rings. The zero-order valence-corrected chi connectivity index (χ0v) is 18.0. The summed E-state index contributed by atoms with van der Waals surface area (Å²) in [4.78, 5) is 30.6. The van der Waals surface area contributed by atoms with Crippen LogP contribution in [0.4, 0.5) is 5.69 Å². The minimum Gasteiger partial charge on any atom is -0.324 e. The first kappa shape index (κ1) is 18.8. The van der Waals surface area contributed by atoms with Gasteiger partial charge in [0.1, 0.15) is 11.4 Å². The van der Waals surface area contributed by atoms with Crippen molar-refractivity contribution in [3.63, 3.8) is 0 Å². The van der Waals surface area contributed by atoms with Crippen LogP contribution in [-0.4, -0.2) is 15.5 Å². The Morgan fingerprint density at radius 3 is 2.75 bits per heavy atom. The summed E-state index contributed by atoms with van der Waals surface area (Å²) in [5.41, 5.74) is 3.32. The zero-order valence-electron chi connectivity index (χ0n) is 15.0. The third kappa shape index (κ3) is 3.72. The van der Waals surface area contributed by atoms with E-state index >= 15 is 0 Å². The van der Waals surface area contributed by atoms with Gasteiger partial charge in [-0.3, -0.25) is 14.2 Å². The number of benzene rings is 2. The molecule has 2 aromatic carbocycles. The predicted octanol–water partition coefficient (Wildman–Crippen LogP) is 4.68. The van der Waals surface area contributed by atoms with Crippen molar-refractivity contribution >= 4 is 55.7 Å². The van der Waals surface area contributed by atoms with Crippen LogP contribution in [0.1, 0.15) is 5.56 Å². The van der Waals surface area contributed by atoms with Crippen LogP contribution in [0.2, 0.25) is 0 Å². The quantitative estimate of drug-likeness (QED) is 0.414. The lowest BCUT2D eigenvalue weighted by Crippen LogP contribution is -2.28. The lowest BCUT2D eigenvalue weighted by molar-refractivity contribution is -0.116. The summed E-state index contributed by atoms with van der Waals surface area (Å²) in [5, 5.41) is 5.37. The van der Waals surface area contributed by atoms with Crippen molar-refractivity contribution in [1.82, 2.24) is 9.55 Å². The molecule has 7 heteroatoms. The predicted molar refractivity (Wildman–Crippen MR) is 122 cm³/mol. The van der Waals surface area contributed by atoms with Gasteiger partial charge in [-0.05, 0) is 58.8 Å². The van der Waals surface area contributed by atoms with Crippen molar-refractivity contribution in [3.8, 4) is 11.1 Å². The molecule has 0 aliphatic rings. The van der Waals surface area contributed by atoms with E-state index in [-0.39, 0.29) is 18.0 Å². The van der Waals surface area contributed by atoms with Gasteiger partial charge in [-0.25, -0.2) is 4.98 Å². The summed E-state index contributed by atoms with van der Waals surface area (Å²) >= 11 is 3.66. The Morgan fingerprint density at radius 2 is 2.00 bits per heavy atom. The Hall–Kier alpha value is -2.52. The Kier molecular flexibility index (Phi) is 5.27. The average molecular weight is 501 g/mol. The van der Waals surface area contributed by atoms with Crippen LogP contribution < -0.4 is 10.9 Å². The highest BCUT2D eigenvalue weighted by Gasteiger charge is 2.15. The second-order valence-corrected chi connectivity index (χ2v) is 8.48. The van der Waals surface area contributed by atoms with E-state index in [4.69, 9.17) is 0 Å². The van der Waals surface area contributed by atoms with Gasteiger partial charge in [0.15, 0.2) is 0 Å². The molecule has 0 radical (unpaired) electrons. The molecule has 0 bridgehead atoms. The van der Waals surface area contributed by atoms with E-state index in [2.05, 4.69) is 32.9 Å². The molecule has 28 heavy (non-hydrogen) atoms. The largest absolute Gasteiger partial charge is 0.324 e. The molecule has 0 saturated heterocycles. The van der Waals surface area contributed by atoms with E-state index in [1.807, 2.05) is 60.8 Å². The lowest BCUT2D eigenvalue weighted by atomic mass is 10.1. The van der Waals surface area contributed by atoms with Gasteiger partial charge in [-0.15, -0.1) is 11.3 Å². The molecule has 4 aromatic rings. The van der Waals surface area contributed by atoms with Gasteiger partial charge >= 0.3 is 0 Å². The van der Waals surface area contributed by atoms with E-state index in [1.165, 1.54) is 22.2 Å². The second-order valence-electron chi connectivity index (χ2n) is 6.38. The van der Waals surface area contributed by atoms with Crippen LogP contribution in [0, 0.1) is 10.5 Å². The van der Waals surface area contributed by atoms with Gasteiger partial charge in [0.25, 0.3) is 5.56 Å². The number of hydrogen-bond acceptors (Lipinski definition) is 4. The number of carbonyl (C=O) groups excluding carboxylic acids is 1. The number of carbonyl (C=O) groups is 1. The van der Waals surface area contributed by atoms with Crippen molar-refractivity contribution in [2.24, 2.45) is 0 Å². The van der Waals surface area contributed by atoms with Crippen LogP contribution >= 0.6 is 33.9 Å². The number of halogens is 1. The lowest BCUT2D eigenvalue weighted by Gasteiger charge is -2.10. The van der Waals surface area contributed by atoms with Crippen LogP contribution in [0.25, 0.3) is 21.3 Å². The SMILES string of the molecule is Cc1cc(I)ccc1NC(=O)Cn1cnc2scc(-c3ccccc3)c2c1=O. The van der Waals surface area contributed by atoms with Gasteiger partial charge in [0.05, 0.1) is 11.7 Å². The highest BCUT2D eigenvalue weighted by atomic mass is 127. The van der Waals surface area contributed by atoms with Gasteiger partial charge in [0.2, 0.25) is 5.91 Å². The smallest absolute Gasteiger partial charge is 0.263 e. The van der Waals surface area contributed by atoms with Gasteiger partial charge < -0.3 is 5.32 Å². The first-order valence-electron chi connectivity index (χ1n) is 8.61. The molecule has 0 atom stereocenters. The number of fused-ring (bicyclic) bond motifs is 1. The molecule has 0 spiro atoms. The molecule has 5 nitrogen and oxygen atoms in total. The number of aromatic nitrogens is 2. The number of nitrogens with zero attached hydrogens (tertiary/aromatic N) is 2. The number of thiophene rings is 1. The van der Waals surface area contributed by atoms with Gasteiger partial charge in [-0.1, -0.05) is 30.3 Å². The standard InChI is InChI=1S/C21H16IN3O2S/c1-13-9-15(22)7-8-17(13)24-18(26)10-25-12-23-20-19(21(25)27)16(11-28-20)14-5-3-2-4-6-14/h2-9,11-12H,10H2,1H3,(H,24,26). The van der Waals surface area contributed by atoms with Crippen LogP contribution in [0.3, 0.4) is 0 Å². The number of rotatable bonds is 4. The maximum absolute atomic E-state index is 13.0.